The van der Waals surface area contributed by atoms with Crippen LogP contribution in [-0.2, 0) is 9.53 Å². The summed E-state index contributed by atoms with van der Waals surface area (Å²) in [5.41, 5.74) is 0.463. The number of carbonyl (C=O) groups excluding carboxylic acids is 2. The van der Waals surface area contributed by atoms with Crippen molar-refractivity contribution in [1.82, 2.24) is 0 Å². The van der Waals surface area contributed by atoms with Gasteiger partial charge in [-0.15, -0.1) is 0 Å². The zero-order chi connectivity index (χ0) is 20.1. The van der Waals surface area contributed by atoms with Crippen LogP contribution >= 0.6 is 34.8 Å². The molecular formula is C18H16Cl3NO5. The summed E-state index contributed by atoms with van der Waals surface area (Å²) in [7, 11) is 2.84. The highest BCUT2D eigenvalue weighted by atomic mass is 35.5. The predicted octanol–water partition coefficient (Wildman–Crippen LogP) is 4.85. The van der Waals surface area contributed by atoms with Gasteiger partial charge in [-0.1, -0.05) is 34.8 Å². The van der Waals surface area contributed by atoms with Crippen molar-refractivity contribution >= 4 is 52.4 Å². The summed E-state index contributed by atoms with van der Waals surface area (Å²) in [6.45, 7) is 1.43. The first-order valence-electron chi connectivity index (χ1n) is 7.65. The fourth-order valence-electron chi connectivity index (χ4n) is 2.14. The lowest BCUT2D eigenvalue weighted by Gasteiger charge is -2.15. The molecule has 0 bridgehead atoms. The molecule has 0 aliphatic rings. The van der Waals surface area contributed by atoms with E-state index in [1.165, 1.54) is 39.3 Å². The van der Waals surface area contributed by atoms with Crippen LogP contribution in [0.25, 0.3) is 0 Å². The van der Waals surface area contributed by atoms with E-state index in [2.05, 4.69) is 5.32 Å². The molecule has 1 amide bonds. The molecule has 27 heavy (non-hydrogen) atoms. The predicted molar refractivity (Wildman–Crippen MR) is 105 cm³/mol. The lowest BCUT2D eigenvalue weighted by atomic mass is 10.2. The van der Waals surface area contributed by atoms with Crippen LogP contribution in [0.2, 0.25) is 15.1 Å². The summed E-state index contributed by atoms with van der Waals surface area (Å²) in [4.78, 5) is 24.6. The van der Waals surface area contributed by atoms with E-state index in [1.807, 2.05) is 0 Å². The van der Waals surface area contributed by atoms with Gasteiger partial charge in [0, 0.05) is 5.02 Å². The maximum atomic E-state index is 12.3. The number of nitrogens with one attached hydrogen (secondary N) is 1. The molecule has 2 rings (SSSR count). The minimum atomic E-state index is -1.09. The first kappa shape index (κ1) is 21.2. The van der Waals surface area contributed by atoms with Gasteiger partial charge < -0.3 is 19.5 Å². The Labute approximate surface area is 171 Å². The highest BCUT2D eigenvalue weighted by molar-refractivity contribution is 6.36. The van der Waals surface area contributed by atoms with Gasteiger partial charge in [-0.05, 0) is 37.3 Å². The monoisotopic (exact) mass is 431 g/mol. The number of amides is 1. The van der Waals surface area contributed by atoms with E-state index in [4.69, 9.17) is 49.0 Å². The van der Waals surface area contributed by atoms with Crippen LogP contribution in [0.3, 0.4) is 0 Å². The molecule has 1 N–H and O–H groups in total. The third-order valence-electron chi connectivity index (χ3n) is 3.51. The number of benzene rings is 2. The van der Waals surface area contributed by atoms with Crippen molar-refractivity contribution in [2.24, 2.45) is 0 Å². The van der Waals surface area contributed by atoms with Crippen molar-refractivity contribution in [3.8, 4) is 11.5 Å². The van der Waals surface area contributed by atoms with E-state index in [1.54, 1.807) is 12.1 Å². The average molecular weight is 433 g/mol. The number of hydrogen-bond acceptors (Lipinski definition) is 5. The molecule has 1 unspecified atom stereocenters. The smallest absolute Gasteiger partial charge is 0.339 e. The summed E-state index contributed by atoms with van der Waals surface area (Å²) in [6, 6.07) is 7.39. The van der Waals surface area contributed by atoms with E-state index in [0.717, 1.165) is 0 Å². The largest absolute Gasteiger partial charge is 0.493 e. The molecule has 1 atom stereocenters. The SMILES string of the molecule is COc1cc(C(=O)OC(C)C(=O)Nc2ccc(Cl)cc2Cl)cc(Cl)c1OC. The van der Waals surface area contributed by atoms with Gasteiger partial charge in [0.1, 0.15) is 0 Å². The summed E-state index contributed by atoms with van der Waals surface area (Å²) >= 11 is 17.9. The molecule has 0 aliphatic heterocycles. The number of ether oxygens (including phenoxy) is 3. The summed E-state index contributed by atoms with van der Waals surface area (Å²) in [5, 5.41) is 3.44. The van der Waals surface area contributed by atoms with Gasteiger partial charge in [0.15, 0.2) is 17.6 Å². The van der Waals surface area contributed by atoms with E-state index >= 15 is 0 Å². The average Bonchev–Trinajstić information content (AvgIpc) is 2.62. The first-order chi connectivity index (χ1) is 12.8. The quantitative estimate of drug-likeness (QED) is 0.661. The summed E-state index contributed by atoms with van der Waals surface area (Å²) in [5.74, 6) is -0.747. The van der Waals surface area contributed by atoms with E-state index in [9.17, 15) is 9.59 Å². The van der Waals surface area contributed by atoms with Gasteiger partial charge in [0.2, 0.25) is 0 Å². The number of hydrogen-bond donors (Lipinski definition) is 1. The molecule has 2 aromatic rings. The lowest BCUT2D eigenvalue weighted by molar-refractivity contribution is -0.123. The molecule has 0 aliphatic carbocycles. The Kier molecular flexibility index (Phi) is 7.18. The molecule has 0 fully saturated rings. The Morgan fingerprint density at radius 1 is 1.00 bits per heavy atom. The fourth-order valence-corrected chi connectivity index (χ4v) is 2.89. The van der Waals surface area contributed by atoms with Gasteiger partial charge in [-0.2, -0.15) is 0 Å². The molecule has 0 saturated carbocycles. The second kappa shape index (κ2) is 9.17. The lowest BCUT2D eigenvalue weighted by Crippen LogP contribution is -2.30. The molecule has 0 heterocycles. The summed E-state index contributed by atoms with van der Waals surface area (Å²) in [6.07, 6.45) is -1.09. The van der Waals surface area contributed by atoms with Crippen LogP contribution in [0.5, 0.6) is 11.5 Å². The van der Waals surface area contributed by atoms with Gasteiger partial charge in [0.05, 0.1) is 35.5 Å². The van der Waals surface area contributed by atoms with E-state index in [-0.39, 0.29) is 21.4 Å². The van der Waals surface area contributed by atoms with Crippen molar-refractivity contribution in [3.63, 3.8) is 0 Å². The Morgan fingerprint density at radius 3 is 2.30 bits per heavy atom. The summed E-state index contributed by atoms with van der Waals surface area (Å²) < 4.78 is 15.4. The molecule has 0 saturated heterocycles. The molecular weight excluding hydrogens is 417 g/mol. The molecule has 6 nitrogen and oxygen atoms in total. The highest BCUT2D eigenvalue weighted by Crippen LogP contribution is 2.36. The first-order valence-corrected chi connectivity index (χ1v) is 8.78. The molecule has 2 aromatic carbocycles. The maximum absolute atomic E-state index is 12.3. The number of methoxy groups -OCH3 is 2. The van der Waals surface area contributed by atoms with Crippen LogP contribution in [0.4, 0.5) is 5.69 Å². The van der Waals surface area contributed by atoms with E-state index < -0.39 is 18.0 Å². The van der Waals surface area contributed by atoms with Crippen molar-refractivity contribution < 1.29 is 23.8 Å². The minimum absolute atomic E-state index is 0.113. The van der Waals surface area contributed by atoms with Crippen LogP contribution in [0.1, 0.15) is 17.3 Å². The van der Waals surface area contributed by atoms with Gasteiger partial charge in [0.25, 0.3) is 5.91 Å². The number of halogens is 3. The normalized spacial score (nSPS) is 11.5. The van der Waals surface area contributed by atoms with Gasteiger partial charge in [-0.25, -0.2) is 4.79 Å². The van der Waals surface area contributed by atoms with E-state index in [0.29, 0.717) is 16.5 Å². The van der Waals surface area contributed by atoms with Gasteiger partial charge in [-0.3, -0.25) is 4.79 Å². The topological polar surface area (TPSA) is 73.9 Å². The Balaban J connectivity index is 2.10. The third-order valence-corrected chi connectivity index (χ3v) is 4.34. The number of anilines is 1. The Bertz CT molecular complexity index is 872. The van der Waals surface area contributed by atoms with Crippen LogP contribution < -0.4 is 14.8 Å². The second-order valence-electron chi connectivity index (χ2n) is 5.35. The maximum Gasteiger partial charge on any atom is 0.339 e. The van der Waals surface area contributed by atoms with Crippen molar-refractivity contribution in [2.75, 3.05) is 19.5 Å². The van der Waals surface area contributed by atoms with Crippen molar-refractivity contribution in [1.29, 1.82) is 0 Å². The Morgan fingerprint density at radius 2 is 1.70 bits per heavy atom. The van der Waals surface area contributed by atoms with Crippen LogP contribution in [0.15, 0.2) is 30.3 Å². The van der Waals surface area contributed by atoms with Crippen molar-refractivity contribution in [3.05, 3.63) is 51.0 Å². The number of esters is 1. The minimum Gasteiger partial charge on any atom is -0.493 e. The molecule has 0 radical (unpaired) electrons. The number of rotatable bonds is 6. The van der Waals surface area contributed by atoms with Crippen LogP contribution in [-0.4, -0.2) is 32.2 Å². The zero-order valence-electron chi connectivity index (χ0n) is 14.6. The highest BCUT2D eigenvalue weighted by Gasteiger charge is 2.22. The number of carbonyl (C=O) groups is 2. The third kappa shape index (κ3) is 5.19. The van der Waals surface area contributed by atoms with Gasteiger partial charge >= 0.3 is 5.97 Å². The molecule has 0 aromatic heterocycles. The zero-order valence-corrected chi connectivity index (χ0v) is 16.9. The Hall–Kier alpha value is -2.15. The molecule has 0 spiro atoms. The molecule has 144 valence electrons. The molecule has 9 heteroatoms. The standard InChI is InChI=1S/C18H16Cl3NO5/c1-9(17(23)22-14-5-4-11(19)8-12(14)20)27-18(24)10-6-13(21)16(26-3)15(7-10)25-2/h4-9H,1-3H3,(H,22,23). The van der Waals surface area contributed by atoms with Crippen molar-refractivity contribution in [2.45, 2.75) is 13.0 Å². The van der Waals surface area contributed by atoms with Crippen LogP contribution in [0, 0.1) is 0 Å². The fraction of sp³-hybridized carbons (Fsp3) is 0.222. The second-order valence-corrected chi connectivity index (χ2v) is 6.61.